The first kappa shape index (κ1) is 12.5. The molecule has 0 aliphatic heterocycles. The molecular weight excluding hydrogens is 216 g/mol. The van der Waals surface area contributed by atoms with E-state index in [0.717, 1.165) is 5.56 Å². The molecule has 0 amide bonds. The van der Waals surface area contributed by atoms with Gasteiger partial charge in [0.15, 0.2) is 0 Å². The molecule has 3 N–H and O–H groups in total. The average Bonchev–Trinajstić information content (AvgIpc) is 2.21. The average molecular weight is 231 g/mol. The Morgan fingerprint density at radius 2 is 2.00 bits per heavy atom. The van der Waals surface area contributed by atoms with Crippen LogP contribution in [0.5, 0.6) is 0 Å². The summed E-state index contributed by atoms with van der Waals surface area (Å²) >= 11 is 6.00. The van der Waals surface area contributed by atoms with Crippen LogP contribution in [0.2, 0.25) is 5.02 Å². The lowest BCUT2D eigenvalue weighted by Crippen LogP contribution is -2.19. The normalized spacial score (nSPS) is 15.0. The van der Waals surface area contributed by atoms with Gasteiger partial charge in [0.25, 0.3) is 0 Å². The van der Waals surface area contributed by atoms with Gasteiger partial charge in [-0.2, -0.15) is 0 Å². The van der Waals surface area contributed by atoms with E-state index in [1.807, 2.05) is 13.0 Å². The van der Waals surface area contributed by atoms with Crippen molar-refractivity contribution in [2.45, 2.75) is 25.6 Å². The molecule has 0 saturated carbocycles. The third-order valence-electron chi connectivity index (χ3n) is 2.33. The van der Waals surface area contributed by atoms with E-state index in [0.29, 0.717) is 10.6 Å². The van der Waals surface area contributed by atoms with Crippen molar-refractivity contribution in [1.29, 1.82) is 0 Å². The molecule has 0 spiro atoms. The second-order valence-corrected chi connectivity index (χ2v) is 3.88. The highest BCUT2D eigenvalue weighted by atomic mass is 35.5. The van der Waals surface area contributed by atoms with Gasteiger partial charge in [-0.1, -0.05) is 29.8 Å². The highest BCUT2D eigenvalue weighted by molar-refractivity contribution is 6.32. The van der Waals surface area contributed by atoms with Crippen LogP contribution in [0.4, 0.5) is 0 Å². The van der Waals surface area contributed by atoms with E-state index >= 15 is 0 Å². The first-order valence-corrected chi connectivity index (χ1v) is 5.17. The third-order valence-corrected chi connectivity index (χ3v) is 2.85. The number of hydrogen-bond donors (Lipinski definition) is 3. The van der Waals surface area contributed by atoms with Crippen LogP contribution in [0, 0.1) is 6.92 Å². The Kier molecular flexibility index (Phi) is 4.54. The lowest BCUT2D eigenvalue weighted by Gasteiger charge is -2.19. The fraction of sp³-hybridized carbons (Fsp3) is 0.455. The summed E-state index contributed by atoms with van der Waals surface area (Å²) in [5.74, 6) is 0. The zero-order valence-electron chi connectivity index (χ0n) is 8.52. The second kappa shape index (κ2) is 5.47. The number of hydrogen-bond acceptors (Lipinski definition) is 3. The summed E-state index contributed by atoms with van der Waals surface area (Å²) in [6, 6.07) is 5.27. The summed E-state index contributed by atoms with van der Waals surface area (Å²) in [5, 5.41) is 28.4. The Morgan fingerprint density at radius 3 is 2.60 bits per heavy atom. The SMILES string of the molecule is Cc1cccc(C(O)C(O)CCO)c1Cl. The molecule has 15 heavy (non-hydrogen) atoms. The van der Waals surface area contributed by atoms with E-state index in [2.05, 4.69) is 0 Å². The highest BCUT2D eigenvalue weighted by Crippen LogP contribution is 2.28. The zero-order chi connectivity index (χ0) is 11.4. The molecule has 4 heteroatoms. The molecule has 0 aliphatic rings. The van der Waals surface area contributed by atoms with Gasteiger partial charge in [0, 0.05) is 17.2 Å². The molecule has 0 radical (unpaired) electrons. The number of benzene rings is 1. The van der Waals surface area contributed by atoms with E-state index in [1.165, 1.54) is 0 Å². The van der Waals surface area contributed by atoms with Gasteiger partial charge in [-0.3, -0.25) is 0 Å². The van der Waals surface area contributed by atoms with Crippen LogP contribution in [0.25, 0.3) is 0 Å². The Hall–Kier alpha value is -0.610. The number of rotatable bonds is 4. The molecule has 0 heterocycles. The third kappa shape index (κ3) is 2.92. The maximum atomic E-state index is 9.78. The first-order valence-electron chi connectivity index (χ1n) is 4.80. The highest BCUT2D eigenvalue weighted by Gasteiger charge is 2.20. The van der Waals surface area contributed by atoms with Crippen LogP contribution in [-0.2, 0) is 0 Å². The van der Waals surface area contributed by atoms with Gasteiger partial charge in [-0.05, 0) is 18.9 Å². The minimum atomic E-state index is -1.05. The maximum Gasteiger partial charge on any atom is 0.106 e. The molecule has 3 nitrogen and oxygen atoms in total. The molecule has 1 rings (SSSR count). The van der Waals surface area contributed by atoms with E-state index in [-0.39, 0.29) is 13.0 Å². The summed E-state index contributed by atoms with van der Waals surface area (Å²) in [4.78, 5) is 0. The van der Waals surface area contributed by atoms with E-state index in [1.54, 1.807) is 12.1 Å². The standard InChI is InChI=1S/C11H15ClO3/c1-7-3-2-4-8(10(7)12)11(15)9(14)5-6-13/h2-4,9,11,13-15H,5-6H2,1H3. The minimum Gasteiger partial charge on any atom is -0.396 e. The largest absolute Gasteiger partial charge is 0.396 e. The predicted molar refractivity (Wildman–Crippen MR) is 58.9 cm³/mol. The summed E-state index contributed by atoms with van der Waals surface area (Å²) < 4.78 is 0. The van der Waals surface area contributed by atoms with Crippen LogP contribution in [0.3, 0.4) is 0 Å². The van der Waals surface area contributed by atoms with Crippen molar-refractivity contribution in [3.05, 3.63) is 34.3 Å². The van der Waals surface area contributed by atoms with Crippen LogP contribution < -0.4 is 0 Å². The molecule has 0 bridgehead atoms. The predicted octanol–water partition coefficient (Wildman–Crippen LogP) is 1.43. The van der Waals surface area contributed by atoms with Crippen LogP contribution in [-0.4, -0.2) is 28.0 Å². The molecule has 84 valence electrons. The first-order chi connectivity index (χ1) is 7.07. The zero-order valence-corrected chi connectivity index (χ0v) is 9.28. The summed E-state index contributed by atoms with van der Waals surface area (Å²) in [6.07, 6.45) is -1.91. The van der Waals surface area contributed by atoms with E-state index in [4.69, 9.17) is 16.7 Å². The van der Waals surface area contributed by atoms with Crippen molar-refractivity contribution >= 4 is 11.6 Å². The summed E-state index contributed by atoms with van der Waals surface area (Å²) in [5.41, 5.74) is 1.35. The fourth-order valence-corrected chi connectivity index (χ4v) is 1.63. The summed E-state index contributed by atoms with van der Waals surface area (Å²) in [6.45, 7) is 1.67. The molecule has 0 fully saturated rings. The number of halogens is 1. The molecule has 1 aromatic carbocycles. The van der Waals surface area contributed by atoms with Gasteiger partial charge in [0.05, 0.1) is 6.10 Å². The lowest BCUT2D eigenvalue weighted by molar-refractivity contribution is 0.00424. The van der Waals surface area contributed by atoms with E-state index in [9.17, 15) is 10.2 Å². The Labute approximate surface area is 93.9 Å². The molecule has 1 aromatic rings. The molecule has 0 aliphatic carbocycles. The van der Waals surface area contributed by atoms with Crippen molar-refractivity contribution in [2.24, 2.45) is 0 Å². The Morgan fingerprint density at radius 1 is 1.33 bits per heavy atom. The van der Waals surface area contributed by atoms with Gasteiger partial charge in [-0.25, -0.2) is 0 Å². The van der Waals surface area contributed by atoms with Gasteiger partial charge >= 0.3 is 0 Å². The smallest absolute Gasteiger partial charge is 0.106 e. The van der Waals surface area contributed by atoms with Crippen molar-refractivity contribution in [2.75, 3.05) is 6.61 Å². The second-order valence-electron chi connectivity index (χ2n) is 3.50. The van der Waals surface area contributed by atoms with Crippen LogP contribution in [0.15, 0.2) is 18.2 Å². The van der Waals surface area contributed by atoms with Crippen molar-refractivity contribution in [3.8, 4) is 0 Å². The topological polar surface area (TPSA) is 60.7 Å². The van der Waals surface area contributed by atoms with Gasteiger partial charge < -0.3 is 15.3 Å². The van der Waals surface area contributed by atoms with Crippen molar-refractivity contribution in [1.82, 2.24) is 0 Å². The van der Waals surface area contributed by atoms with Crippen LogP contribution in [0.1, 0.15) is 23.7 Å². The molecule has 0 aromatic heterocycles. The number of aliphatic hydroxyl groups is 3. The monoisotopic (exact) mass is 230 g/mol. The minimum absolute atomic E-state index is 0.130. The molecule has 0 saturated heterocycles. The fourth-order valence-electron chi connectivity index (χ4n) is 1.40. The Balaban J connectivity index is 2.90. The van der Waals surface area contributed by atoms with Gasteiger partial charge in [-0.15, -0.1) is 0 Å². The summed E-state index contributed by atoms with van der Waals surface area (Å²) in [7, 11) is 0. The number of aliphatic hydroxyl groups excluding tert-OH is 3. The molecule has 2 unspecified atom stereocenters. The lowest BCUT2D eigenvalue weighted by atomic mass is 10.0. The van der Waals surface area contributed by atoms with Crippen molar-refractivity contribution < 1.29 is 15.3 Å². The van der Waals surface area contributed by atoms with Gasteiger partial charge in [0.1, 0.15) is 6.10 Å². The molecular formula is C11H15ClO3. The number of aryl methyl sites for hydroxylation is 1. The van der Waals surface area contributed by atoms with Gasteiger partial charge in [0.2, 0.25) is 0 Å². The van der Waals surface area contributed by atoms with E-state index < -0.39 is 12.2 Å². The van der Waals surface area contributed by atoms with Crippen LogP contribution >= 0.6 is 11.6 Å². The Bertz CT molecular complexity index is 328. The quantitative estimate of drug-likeness (QED) is 0.733. The maximum absolute atomic E-state index is 9.78. The molecule has 2 atom stereocenters. The van der Waals surface area contributed by atoms with Crippen molar-refractivity contribution in [3.63, 3.8) is 0 Å².